The number of amides is 2. The molecule has 0 atom stereocenters. The lowest BCUT2D eigenvalue weighted by Crippen LogP contribution is -2.30. The van der Waals surface area contributed by atoms with Crippen LogP contribution in [0.1, 0.15) is 5.56 Å². The summed E-state index contributed by atoms with van der Waals surface area (Å²) in [5.41, 5.74) is 1.27. The number of rotatable bonds is 5. The number of halogens is 2. The largest absolute Gasteiger partial charge is 0.341 e. The molecule has 0 saturated heterocycles. The lowest BCUT2D eigenvalue weighted by molar-refractivity contribution is 0.220. The molecule has 0 spiro atoms. The van der Waals surface area contributed by atoms with Gasteiger partial charge in [0.1, 0.15) is 0 Å². The number of sulfone groups is 1. The van der Waals surface area contributed by atoms with Gasteiger partial charge in [-0.05, 0) is 29.8 Å². The number of anilines is 1. The van der Waals surface area contributed by atoms with E-state index in [4.69, 9.17) is 0 Å². The Morgan fingerprint density at radius 2 is 1.67 bits per heavy atom. The Kier molecular flexibility index (Phi) is 5.50. The summed E-state index contributed by atoms with van der Waals surface area (Å²) in [6.45, 7) is 0.393. The third kappa shape index (κ3) is 4.29. The zero-order valence-corrected chi connectivity index (χ0v) is 13.6. The zero-order chi connectivity index (χ0) is 17.7. The van der Waals surface area contributed by atoms with Crippen LogP contribution in [0.5, 0.6) is 0 Å². The topological polar surface area (TPSA) is 66.5 Å². The van der Waals surface area contributed by atoms with Crippen molar-refractivity contribution in [2.45, 2.75) is 17.2 Å². The van der Waals surface area contributed by atoms with Gasteiger partial charge in [0.2, 0.25) is 9.84 Å². The van der Waals surface area contributed by atoms with Gasteiger partial charge in [-0.3, -0.25) is 0 Å². The zero-order valence-electron chi connectivity index (χ0n) is 12.8. The van der Waals surface area contributed by atoms with Crippen molar-refractivity contribution < 1.29 is 22.0 Å². The maximum absolute atomic E-state index is 12.5. The van der Waals surface area contributed by atoms with Crippen molar-refractivity contribution >= 4 is 21.6 Å². The first-order valence-electron chi connectivity index (χ1n) is 6.99. The molecule has 2 amide bonds. The van der Waals surface area contributed by atoms with E-state index in [-0.39, 0.29) is 0 Å². The SMILES string of the molecule is CN(Cc1ccccc1)C(=O)Nc1ccc(S(=O)(=O)C(F)F)cc1. The highest BCUT2D eigenvalue weighted by Crippen LogP contribution is 2.20. The van der Waals surface area contributed by atoms with Crippen molar-refractivity contribution in [2.24, 2.45) is 0 Å². The fourth-order valence-corrected chi connectivity index (χ4v) is 2.70. The van der Waals surface area contributed by atoms with Crippen LogP contribution in [0.2, 0.25) is 0 Å². The Labute approximate surface area is 138 Å². The predicted octanol–water partition coefficient (Wildman–Crippen LogP) is 3.35. The van der Waals surface area contributed by atoms with Crippen LogP contribution in [-0.4, -0.2) is 32.2 Å². The van der Waals surface area contributed by atoms with Gasteiger partial charge in [-0.15, -0.1) is 0 Å². The summed E-state index contributed by atoms with van der Waals surface area (Å²) in [7, 11) is -3.03. The summed E-state index contributed by atoms with van der Waals surface area (Å²) in [4.78, 5) is 13.0. The number of hydrogen-bond acceptors (Lipinski definition) is 3. The van der Waals surface area contributed by atoms with E-state index in [1.165, 1.54) is 17.0 Å². The van der Waals surface area contributed by atoms with Gasteiger partial charge in [0.25, 0.3) is 0 Å². The Morgan fingerprint density at radius 3 is 2.21 bits per heavy atom. The highest BCUT2D eigenvalue weighted by molar-refractivity contribution is 7.91. The Morgan fingerprint density at radius 1 is 1.08 bits per heavy atom. The van der Waals surface area contributed by atoms with Crippen LogP contribution in [0, 0.1) is 0 Å². The number of alkyl halides is 2. The second-order valence-corrected chi connectivity index (χ2v) is 7.02. The molecule has 8 heteroatoms. The van der Waals surface area contributed by atoms with Gasteiger partial charge < -0.3 is 10.2 Å². The van der Waals surface area contributed by atoms with E-state index in [0.717, 1.165) is 17.7 Å². The summed E-state index contributed by atoms with van der Waals surface area (Å²) < 4.78 is 47.6. The summed E-state index contributed by atoms with van der Waals surface area (Å²) in [6.07, 6.45) is 0. The van der Waals surface area contributed by atoms with Crippen molar-refractivity contribution in [3.63, 3.8) is 0 Å². The third-order valence-corrected chi connectivity index (χ3v) is 4.68. The van der Waals surface area contributed by atoms with Crippen molar-refractivity contribution in [3.05, 3.63) is 60.2 Å². The van der Waals surface area contributed by atoms with E-state index in [1.807, 2.05) is 30.3 Å². The Balaban J connectivity index is 2.02. The van der Waals surface area contributed by atoms with Crippen LogP contribution in [0.4, 0.5) is 19.3 Å². The number of hydrogen-bond donors (Lipinski definition) is 1. The normalized spacial score (nSPS) is 11.3. The smallest absolute Gasteiger partial charge is 0.323 e. The minimum absolute atomic E-state index is 0.313. The molecule has 128 valence electrons. The summed E-state index contributed by atoms with van der Waals surface area (Å²) in [5.74, 6) is -3.48. The van der Waals surface area contributed by atoms with Crippen LogP contribution in [0.15, 0.2) is 59.5 Å². The average Bonchev–Trinajstić information content (AvgIpc) is 2.56. The van der Waals surface area contributed by atoms with Crippen LogP contribution >= 0.6 is 0 Å². The number of benzene rings is 2. The summed E-state index contributed by atoms with van der Waals surface area (Å²) in [5, 5.41) is 2.57. The van der Waals surface area contributed by atoms with Gasteiger partial charge in [-0.2, -0.15) is 8.78 Å². The van der Waals surface area contributed by atoms with Crippen molar-refractivity contribution in [1.82, 2.24) is 4.90 Å². The second-order valence-electron chi connectivity index (χ2n) is 5.10. The predicted molar refractivity (Wildman–Crippen MR) is 86.6 cm³/mol. The van der Waals surface area contributed by atoms with Gasteiger partial charge in [-0.25, -0.2) is 13.2 Å². The van der Waals surface area contributed by atoms with Crippen molar-refractivity contribution in [2.75, 3.05) is 12.4 Å². The summed E-state index contributed by atoms with van der Waals surface area (Å²) >= 11 is 0. The monoisotopic (exact) mass is 354 g/mol. The highest BCUT2D eigenvalue weighted by atomic mass is 32.2. The van der Waals surface area contributed by atoms with Crippen molar-refractivity contribution in [1.29, 1.82) is 0 Å². The molecule has 24 heavy (non-hydrogen) atoms. The highest BCUT2D eigenvalue weighted by Gasteiger charge is 2.26. The molecular formula is C16H16F2N2O3S. The van der Waals surface area contributed by atoms with Crippen molar-refractivity contribution in [3.8, 4) is 0 Å². The standard InChI is InChI=1S/C16H16F2N2O3S/c1-20(11-12-5-3-2-4-6-12)16(21)19-13-7-9-14(10-8-13)24(22,23)15(17)18/h2-10,15H,11H2,1H3,(H,19,21). The Hall–Kier alpha value is -2.48. The molecule has 0 saturated carbocycles. The third-order valence-electron chi connectivity index (χ3n) is 3.28. The fraction of sp³-hybridized carbons (Fsp3) is 0.188. The number of carbonyl (C=O) groups excluding carboxylic acids is 1. The maximum Gasteiger partial charge on any atom is 0.341 e. The Bertz CT molecular complexity index is 794. The molecule has 0 unspecified atom stereocenters. The molecule has 0 aliphatic carbocycles. The second kappa shape index (κ2) is 7.39. The molecule has 0 heterocycles. The summed E-state index contributed by atoms with van der Waals surface area (Å²) in [6, 6.07) is 13.6. The molecule has 5 nitrogen and oxygen atoms in total. The number of nitrogens with zero attached hydrogens (tertiary/aromatic N) is 1. The van der Waals surface area contributed by atoms with Gasteiger partial charge in [0, 0.05) is 19.3 Å². The molecule has 0 aliphatic rings. The van der Waals surface area contributed by atoms with Gasteiger partial charge in [-0.1, -0.05) is 30.3 Å². The lowest BCUT2D eigenvalue weighted by atomic mass is 10.2. The minimum atomic E-state index is -4.64. The first-order valence-corrected chi connectivity index (χ1v) is 8.53. The fourth-order valence-electron chi connectivity index (χ4n) is 1.98. The molecule has 2 rings (SSSR count). The molecule has 0 aliphatic heterocycles. The molecule has 0 radical (unpaired) electrons. The van der Waals surface area contributed by atoms with E-state index >= 15 is 0 Å². The van der Waals surface area contributed by atoms with Gasteiger partial charge >= 0.3 is 11.8 Å². The van der Waals surface area contributed by atoms with Crippen LogP contribution in [0.3, 0.4) is 0 Å². The van der Waals surface area contributed by atoms with Crippen LogP contribution < -0.4 is 5.32 Å². The molecular weight excluding hydrogens is 338 g/mol. The molecule has 1 N–H and O–H groups in total. The molecule has 0 aromatic heterocycles. The van der Waals surface area contributed by atoms with E-state index in [0.29, 0.717) is 12.2 Å². The van der Waals surface area contributed by atoms with E-state index in [9.17, 15) is 22.0 Å². The molecule has 0 fully saturated rings. The molecule has 2 aromatic carbocycles. The average molecular weight is 354 g/mol. The lowest BCUT2D eigenvalue weighted by Gasteiger charge is -2.18. The number of carbonyl (C=O) groups is 1. The molecule has 0 bridgehead atoms. The quantitative estimate of drug-likeness (QED) is 0.895. The van der Waals surface area contributed by atoms with E-state index in [1.54, 1.807) is 7.05 Å². The van der Waals surface area contributed by atoms with Gasteiger partial charge in [0.05, 0.1) is 4.90 Å². The number of nitrogens with one attached hydrogen (secondary N) is 1. The first-order chi connectivity index (χ1) is 11.3. The van der Waals surface area contributed by atoms with E-state index in [2.05, 4.69) is 5.32 Å². The maximum atomic E-state index is 12.5. The van der Waals surface area contributed by atoms with Crippen LogP contribution in [0.25, 0.3) is 0 Å². The number of urea groups is 1. The first kappa shape index (κ1) is 17.9. The van der Waals surface area contributed by atoms with Gasteiger partial charge in [0.15, 0.2) is 0 Å². The molecule has 2 aromatic rings. The van der Waals surface area contributed by atoms with Crippen LogP contribution in [-0.2, 0) is 16.4 Å². The minimum Gasteiger partial charge on any atom is -0.323 e. The van der Waals surface area contributed by atoms with E-state index < -0.39 is 26.5 Å².